The first kappa shape index (κ1) is 15.3. The number of rotatable bonds is 5. The molecule has 0 atom stereocenters. The minimum absolute atomic E-state index is 0.0423. The highest BCUT2D eigenvalue weighted by molar-refractivity contribution is 8.01. The lowest BCUT2D eigenvalue weighted by atomic mass is 10.2. The van der Waals surface area contributed by atoms with Crippen LogP contribution in [0.15, 0.2) is 34.1 Å². The van der Waals surface area contributed by atoms with Crippen molar-refractivity contribution in [3.05, 3.63) is 29.8 Å². The summed E-state index contributed by atoms with van der Waals surface area (Å²) in [6.07, 6.45) is 0. The zero-order valence-electron chi connectivity index (χ0n) is 11.9. The van der Waals surface area contributed by atoms with Crippen molar-refractivity contribution in [2.24, 2.45) is 0 Å². The second kappa shape index (κ2) is 7.57. The lowest BCUT2D eigenvalue weighted by molar-refractivity contribution is -0.113. The summed E-state index contributed by atoms with van der Waals surface area (Å²) in [5.74, 6) is 0.291. The number of anilines is 2. The number of hydrogen-bond acceptors (Lipinski definition) is 7. The van der Waals surface area contributed by atoms with E-state index in [1.54, 1.807) is 5.51 Å². The van der Waals surface area contributed by atoms with Gasteiger partial charge in [-0.25, -0.2) is 0 Å². The van der Waals surface area contributed by atoms with Crippen molar-refractivity contribution in [2.45, 2.75) is 4.34 Å². The number of hydrogen-bond donors (Lipinski definition) is 1. The van der Waals surface area contributed by atoms with Gasteiger partial charge in [-0.05, 0) is 24.3 Å². The molecule has 2 aromatic rings. The van der Waals surface area contributed by atoms with Crippen molar-refractivity contribution in [3.8, 4) is 0 Å². The summed E-state index contributed by atoms with van der Waals surface area (Å²) in [5.41, 5.74) is 3.62. The highest BCUT2D eigenvalue weighted by Gasteiger charge is 2.11. The lowest BCUT2D eigenvalue weighted by Gasteiger charge is -2.28. The molecule has 0 unspecified atom stereocenters. The molecule has 8 heteroatoms. The first-order valence-electron chi connectivity index (χ1n) is 6.93. The fraction of sp³-hybridized carbons (Fsp3) is 0.357. The molecule has 1 N–H and O–H groups in total. The normalized spacial score (nSPS) is 14.8. The van der Waals surface area contributed by atoms with E-state index in [4.69, 9.17) is 4.74 Å². The molecule has 1 saturated heterocycles. The first-order valence-corrected chi connectivity index (χ1v) is 8.79. The van der Waals surface area contributed by atoms with E-state index in [-0.39, 0.29) is 5.91 Å². The van der Waals surface area contributed by atoms with Gasteiger partial charge < -0.3 is 15.0 Å². The Morgan fingerprint density at radius 1 is 1.32 bits per heavy atom. The molecule has 0 radical (unpaired) electrons. The summed E-state index contributed by atoms with van der Waals surface area (Å²) in [6, 6.07) is 7.91. The van der Waals surface area contributed by atoms with Gasteiger partial charge in [0.15, 0.2) is 4.34 Å². The molecule has 3 rings (SSSR count). The Bertz CT molecular complexity index is 598. The SMILES string of the molecule is O=C(CSc1nncs1)Nc1ccc(N2CCOCC2)cc1. The fourth-order valence-corrected chi connectivity index (χ4v) is 3.42. The quantitative estimate of drug-likeness (QED) is 0.844. The van der Waals surface area contributed by atoms with Crippen molar-refractivity contribution in [1.82, 2.24) is 10.2 Å². The number of aromatic nitrogens is 2. The largest absolute Gasteiger partial charge is 0.378 e. The molecule has 116 valence electrons. The van der Waals surface area contributed by atoms with Crippen LogP contribution < -0.4 is 10.2 Å². The van der Waals surface area contributed by atoms with Gasteiger partial charge in [-0.15, -0.1) is 10.2 Å². The molecule has 6 nitrogen and oxygen atoms in total. The number of thioether (sulfide) groups is 1. The smallest absolute Gasteiger partial charge is 0.234 e. The number of nitrogens with zero attached hydrogens (tertiary/aromatic N) is 3. The molecule has 22 heavy (non-hydrogen) atoms. The highest BCUT2D eigenvalue weighted by Crippen LogP contribution is 2.21. The van der Waals surface area contributed by atoms with Crippen LogP contribution in [-0.2, 0) is 9.53 Å². The summed E-state index contributed by atoms with van der Waals surface area (Å²) in [6.45, 7) is 3.34. The average molecular weight is 336 g/mol. The Morgan fingerprint density at radius 3 is 2.77 bits per heavy atom. The van der Waals surface area contributed by atoms with E-state index >= 15 is 0 Å². The van der Waals surface area contributed by atoms with Gasteiger partial charge in [0.2, 0.25) is 5.91 Å². The number of amides is 1. The summed E-state index contributed by atoms with van der Waals surface area (Å²) in [4.78, 5) is 14.2. The molecule has 0 aliphatic carbocycles. The van der Waals surface area contributed by atoms with E-state index in [2.05, 4.69) is 20.4 Å². The zero-order chi connectivity index (χ0) is 15.2. The van der Waals surface area contributed by atoms with Gasteiger partial charge in [0.1, 0.15) is 5.51 Å². The van der Waals surface area contributed by atoms with Crippen LogP contribution in [0.5, 0.6) is 0 Å². The van der Waals surface area contributed by atoms with Gasteiger partial charge in [-0.1, -0.05) is 23.1 Å². The molecular weight excluding hydrogens is 320 g/mol. The number of morpholine rings is 1. The fourth-order valence-electron chi connectivity index (χ4n) is 2.13. The minimum Gasteiger partial charge on any atom is -0.378 e. The summed E-state index contributed by atoms with van der Waals surface area (Å²) >= 11 is 2.83. The molecule has 0 bridgehead atoms. The minimum atomic E-state index is -0.0423. The topological polar surface area (TPSA) is 67.4 Å². The third-order valence-corrected chi connectivity index (χ3v) is 5.05. The molecule has 1 aliphatic rings. The monoisotopic (exact) mass is 336 g/mol. The second-order valence-electron chi connectivity index (χ2n) is 4.69. The molecule has 0 spiro atoms. The number of carbonyl (C=O) groups is 1. The van der Waals surface area contributed by atoms with E-state index in [1.165, 1.54) is 23.1 Å². The van der Waals surface area contributed by atoms with Crippen LogP contribution >= 0.6 is 23.1 Å². The van der Waals surface area contributed by atoms with Crippen molar-refractivity contribution in [1.29, 1.82) is 0 Å². The maximum absolute atomic E-state index is 11.9. The Balaban J connectivity index is 1.50. The Morgan fingerprint density at radius 2 is 2.09 bits per heavy atom. The van der Waals surface area contributed by atoms with Crippen LogP contribution in [-0.4, -0.2) is 48.2 Å². The van der Waals surface area contributed by atoms with Crippen LogP contribution in [0, 0.1) is 0 Å². The summed E-state index contributed by atoms with van der Waals surface area (Å²) < 4.78 is 6.15. The molecule has 1 aromatic heterocycles. The Labute approximate surface area is 136 Å². The van der Waals surface area contributed by atoms with E-state index in [0.717, 1.165) is 42.0 Å². The molecule has 1 fully saturated rings. The lowest BCUT2D eigenvalue weighted by Crippen LogP contribution is -2.36. The third kappa shape index (κ3) is 4.19. The van der Waals surface area contributed by atoms with Crippen LogP contribution in [0.4, 0.5) is 11.4 Å². The molecule has 0 saturated carbocycles. The van der Waals surface area contributed by atoms with Gasteiger partial charge in [-0.2, -0.15) is 0 Å². The van der Waals surface area contributed by atoms with E-state index in [0.29, 0.717) is 5.75 Å². The van der Waals surface area contributed by atoms with E-state index in [9.17, 15) is 4.79 Å². The van der Waals surface area contributed by atoms with Crippen molar-refractivity contribution in [2.75, 3.05) is 42.3 Å². The van der Waals surface area contributed by atoms with Gasteiger partial charge in [0, 0.05) is 24.5 Å². The second-order valence-corrected chi connectivity index (χ2v) is 6.74. The van der Waals surface area contributed by atoms with Crippen LogP contribution in [0.25, 0.3) is 0 Å². The number of carbonyl (C=O) groups excluding carboxylic acids is 1. The molecular formula is C14H16N4O2S2. The van der Waals surface area contributed by atoms with Crippen molar-refractivity contribution in [3.63, 3.8) is 0 Å². The standard InChI is InChI=1S/C14H16N4O2S2/c19-13(9-21-14-17-15-10-22-14)16-11-1-3-12(4-2-11)18-5-7-20-8-6-18/h1-4,10H,5-9H2,(H,16,19). The summed E-state index contributed by atoms with van der Waals surface area (Å²) in [7, 11) is 0. The number of ether oxygens (including phenoxy) is 1. The Hall–Kier alpha value is -1.64. The average Bonchev–Trinajstić information content (AvgIpc) is 3.08. The predicted molar refractivity (Wildman–Crippen MR) is 88.7 cm³/mol. The van der Waals surface area contributed by atoms with Gasteiger partial charge >= 0.3 is 0 Å². The van der Waals surface area contributed by atoms with Gasteiger partial charge in [-0.3, -0.25) is 4.79 Å². The van der Waals surface area contributed by atoms with Crippen molar-refractivity contribution < 1.29 is 9.53 Å². The maximum Gasteiger partial charge on any atom is 0.234 e. The van der Waals surface area contributed by atoms with E-state index < -0.39 is 0 Å². The molecule has 2 heterocycles. The van der Waals surface area contributed by atoms with Crippen LogP contribution in [0.3, 0.4) is 0 Å². The van der Waals surface area contributed by atoms with Gasteiger partial charge in [0.25, 0.3) is 0 Å². The highest BCUT2D eigenvalue weighted by atomic mass is 32.2. The predicted octanol–water partition coefficient (Wildman–Crippen LogP) is 2.11. The maximum atomic E-state index is 11.9. The van der Waals surface area contributed by atoms with E-state index in [1.807, 2.05) is 24.3 Å². The molecule has 1 amide bonds. The number of nitrogens with one attached hydrogen (secondary N) is 1. The van der Waals surface area contributed by atoms with Crippen LogP contribution in [0.2, 0.25) is 0 Å². The molecule has 1 aromatic carbocycles. The summed E-state index contributed by atoms with van der Waals surface area (Å²) in [5, 5.41) is 10.5. The first-order chi connectivity index (χ1) is 10.8. The van der Waals surface area contributed by atoms with Gasteiger partial charge in [0.05, 0.1) is 19.0 Å². The van der Waals surface area contributed by atoms with Crippen LogP contribution in [0.1, 0.15) is 0 Å². The Kier molecular flexibility index (Phi) is 5.25. The number of benzene rings is 1. The zero-order valence-corrected chi connectivity index (χ0v) is 13.5. The van der Waals surface area contributed by atoms with Crippen molar-refractivity contribution >= 4 is 40.4 Å². The third-order valence-electron chi connectivity index (χ3n) is 3.19. The molecule has 1 aliphatic heterocycles.